The number of fused-ring (bicyclic) bond motifs is 1. The molecule has 0 aromatic heterocycles. The van der Waals surface area contributed by atoms with E-state index in [0.29, 0.717) is 5.92 Å². The van der Waals surface area contributed by atoms with Gasteiger partial charge in [0.1, 0.15) is 0 Å². The zero-order valence-corrected chi connectivity index (χ0v) is 11.0. The van der Waals surface area contributed by atoms with Crippen LogP contribution in [0.25, 0.3) is 0 Å². The van der Waals surface area contributed by atoms with Gasteiger partial charge in [-0.3, -0.25) is 0 Å². The van der Waals surface area contributed by atoms with Crippen molar-refractivity contribution in [1.29, 1.82) is 0 Å². The lowest BCUT2D eigenvalue weighted by molar-refractivity contribution is 0.288. The summed E-state index contributed by atoms with van der Waals surface area (Å²) in [5, 5.41) is 0. The molecule has 0 heterocycles. The summed E-state index contributed by atoms with van der Waals surface area (Å²) < 4.78 is 1.24. The van der Waals surface area contributed by atoms with Crippen molar-refractivity contribution in [3.63, 3.8) is 0 Å². The van der Waals surface area contributed by atoms with Crippen LogP contribution in [0, 0.1) is 5.92 Å². The normalized spacial score (nSPS) is 21.2. The lowest BCUT2D eigenvalue weighted by Crippen LogP contribution is -2.43. The molecule has 1 aliphatic carbocycles. The summed E-state index contributed by atoms with van der Waals surface area (Å²) in [6.07, 6.45) is 3.49. The second-order valence-corrected chi connectivity index (χ2v) is 5.99. The van der Waals surface area contributed by atoms with Gasteiger partial charge in [0.25, 0.3) is 0 Å². The topological polar surface area (TPSA) is 26.0 Å². The van der Waals surface area contributed by atoms with Gasteiger partial charge in [0.05, 0.1) is 0 Å². The summed E-state index contributed by atoms with van der Waals surface area (Å²) in [7, 11) is 0. The number of halogens is 1. The van der Waals surface area contributed by atoms with Gasteiger partial charge in [-0.1, -0.05) is 28.1 Å². The van der Waals surface area contributed by atoms with Crippen molar-refractivity contribution < 1.29 is 0 Å². The van der Waals surface area contributed by atoms with E-state index in [-0.39, 0.29) is 5.54 Å². The summed E-state index contributed by atoms with van der Waals surface area (Å²) in [6, 6.07) is 6.49. The summed E-state index contributed by atoms with van der Waals surface area (Å²) in [4.78, 5) is 0. The van der Waals surface area contributed by atoms with E-state index in [2.05, 4.69) is 48.0 Å². The average molecular weight is 268 g/mol. The number of aryl methyl sites for hydroxylation is 1. The maximum atomic E-state index is 6.20. The molecule has 0 fully saturated rings. The quantitative estimate of drug-likeness (QED) is 0.831. The van der Waals surface area contributed by atoms with Gasteiger partial charge >= 0.3 is 0 Å². The Hall–Kier alpha value is -0.340. The minimum Gasteiger partial charge on any atom is -0.325 e. The summed E-state index contributed by atoms with van der Waals surface area (Å²) in [5.74, 6) is 0.601. The van der Waals surface area contributed by atoms with Crippen molar-refractivity contribution >= 4 is 15.9 Å². The predicted molar refractivity (Wildman–Crippen MR) is 67.9 cm³/mol. The molecule has 2 heteroatoms. The lowest BCUT2D eigenvalue weighted by Gasteiger charge is -2.35. The molecule has 1 nitrogen and oxygen atoms in total. The van der Waals surface area contributed by atoms with E-state index in [9.17, 15) is 0 Å². The smallest absolute Gasteiger partial charge is 0.0210 e. The van der Waals surface area contributed by atoms with E-state index in [0.717, 1.165) is 6.42 Å². The molecule has 1 aliphatic rings. The first-order chi connectivity index (χ1) is 6.98. The minimum absolute atomic E-state index is 0.0625. The van der Waals surface area contributed by atoms with Gasteiger partial charge < -0.3 is 5.73 Å². The van der Waals surface area contributed by atoms with Gasteiger partial charge in [0.2, 0.25) is 0 Å². The second kappa shape index (κ2) is 3.91. The first-order valence-electron chi connectivity index (χ1n) is 5.53. The van der Waals surface area contributed by atoms with Crippen molar-refractivity contribution in [2.24, 2.45) is 11.7 Å². The molecule has 82 valence electrons. The number of benzene rings is 1. The molecule has 0 bridgehead atoms. The fraction of sp³-hybridized carbons (Fsp3) is 0.538. The van der Waals surface area contributed by atoms with E-state index in [1.165, 1.54) is 28.4 Å². The van der Waals surface area contributed by atoms with Crippen LogP contribution in [0.1, 0.15) is 31.4 Å². The van der Waals surface area contributed by atoms with Gasteiger partial charge in [0.15, 0.2) is 0 Å². The van der Waals surface area contributed by atoms with Crippen molar-refractivity contribution in [2.75, 3.05) is 0 Å². The maximum absolute atomic E-state index is 6.20. The lowest BCUT2D eigenvalue weighted by atomic mass is 9.75. The third-order valence-corrected chi connectivity index (χ3v) is 4.22. The molecule has 0 amide bonds. The Labute approximate surface area is 100 Å². The molecule has 1 aromatic carbocycles. The van der Waals surface area contributed by atoms with E-state index in [4.69, 9.17) is 5.73 Å². The number of hydrogen-bond donors (Lipinski definition) is 1. The minimum atomic E-state index is -0.0625. The van der Waals surface area contributed by atoms with Crippen LogP contribution in [0.4, 0.5) is 0 Å². The zero-order chi connectivity index (χ0) is 11.1. The third kappa shape index (κ3) is 2.26. The Morgan fingerprint density at radius 2 is 2.13 bits per heavy atom. The van der Waals surface area contributed by atoms with Crippen LogP contribution >= 0.6 is 15.9 Å². The fourth-order valence-corrected chi connectivity index (χ4v) is 2.95. The summed E-state index contributed by atoms with van der Waals surface area (Å²) >= 11 is 3.64. The van der Waals surface area contributed by atoms with Crippen LogP contribution in [-0.2, 0) is 12.8 Å². The van der Waals surface area contributed by atoms with Crippen molar-refractivity contribution in [2.45, 2.75) is 38.6 Å². The van der Waals surface area contributed by atoms with E-state index in [1.54, 1.807) is 0 Å². The molecule has 0 saturated heterocycles. The van der Waals surface area contributed by atoms with Crippen molar-refractivity contribution in [3.8, 4) is 0 Å². The first kappa shape index (κ1) is 11.2. The van der Waals surface area contributed by atoms with Gasteiger partial charge in [0, 0.05) is 10.0 Å². The molecule has 15 heavy (non-hydrogen) atoms. The van der Waals surface area contributed by atoms with E-state index >= 15 is 0 Å². The summed E-state index contributed by atoms with van der Waals surface area (Å²) in [5.41, 5.74) is 9.10. The van der Waals surface area contributed by atoms with Crippen LogP contribution in [0.2, 0.25) is 0 Å². The van der Waals surface area contributed by atoms with Crippen LogP contribution in [0.5, 0.6) is 0 Å². The molecule has 0 saturated carbocycles. The molecule has 2 N–H and O–H groups in total. The van der Waals surface area contributed by atoms with E-state index in [1.807, 2.05) is 0 Å². The molecule has 0 aliphatic heterocycles. The van der Waals surface area contributed by atoms with Crippen LogP contribution in [0.3, 0.4) is 0 Å². The highest BCUT2D eigenvalue weighted by Crippen LogP contribution is 2.34. The van der Waals surface area contributed by atoms with Gasteiger partial charge in [-0.05, 0) is 56.2 Å². The SMILES string of the molecule is CC(C)(N)C1CCc2cccc(Br)c2C1. The highest BCUT2D eigenvalue weighted by atomic mass is 79.9. The predicted octanol–water partition coefficient (Wildman–Crippen LogP) is 3.29. The standard InChI is InChI=1S/C13H18BrN/c1-13(2,15)10-7-6-9-4-3-5-12(14)11(9)8-10/h3-5,10H,6-8,15H2,1-2H3. The second-order valence-electron chi connectivity index (χ2n) is 5.14. The third-order valence-electron chi connectivity index (χ3n) is 3.48. The highest BCUT2D eigenvalue weighted by Gasteiger charge is 2.29. The van der Waals surface area contributed by atoms with Gasteiger partial charge in [-0.25, -0.2) is 0 Å². The monoisotopic (exact) mass is 267 g/mol. The number of hydrogen-bond acceptors (Lipinski definition) is 1. The van der Waals surface area contributed by atoms with Crippen LogP contribution in [0.15, 0.2) is 22.7 Å². The summed E-state index contributed by atoms with van der Waals surface area (Å²) in [6.45, 7) is 4.28. The van der Waals surface area contributed by atoms with Crippen molar-refractivity contribution in [3.05, 3.63) is 33.8 Å². The number of rotatable bonds is 1. The Kier molecular flexibility index (Phi) is 2.91. The van der Waals surface area contributed by atoms with Crippen LogP contribution in [-0.4, -0.2) is 5.54 Å². The van der Waals surface area contributed by atoms with Crippen molar-refractivity contribution in [1.82, 2.24) is 0 Å². The van der Waals surface area contributed by atoms with Crippen LogP contribution < -0.4 is 5.73 Å². The first-order valence-corrected chi connectivity index (χ1v) is 6.33. The molecule has 1 unspecified atom stereocenters. The Morgan fingerprint density at radius 3 is 2.80 bits per heavy atom. The molecule has 1 aromatic rings. The maximum Gasteiger partial charge on any atom is 0.0210 e. The van der Waals surface area contributed by atoms with E-state index < -0.39 is 0 Å². The number of nitrogens with two attached hydrogens (primary N) is 1. The van der Waals surface area contributed by atoms with Gasteiger partial charge in [-0.2, -0.15) is 0 Å². The Balaban J connectivity index is 2.30. The molecule has 0 spiro atoms. The zero-order valence-electron chi connectivity index (χ0n) is 9.39. The van der Waals surface area contributed by atoms with Gasteiger partial charge in [-0.15, -0.1) is 0 Å². The molecular formula is C13H18BrN. The fourth-order valence-electron chi connectivity index (χ4n) is 2.38. The highest BCUT2D eigenvalue weighted by molar-refractivity contribution is 9.10. The Bertz CT molecular complexity index is 365. The average Bonchev–Trinajstić information content (AvgIpc) is 2.16. The molecule has 0 radical (unpaired) electrons. The molecular weight excluding hydrogens is 250 g/mol. The largest absolute Gasteiger partial charge is 0.325 e. The molecule has 1 atom stereocenters. The Morgan fingerprint density at radius 1 is 1.40 bits per heavy atom. The molecule has 2 rings (SSSR count).